The molecule has 0 spiro atoms. The number of aliphatic carboxylic acids is 2. The molecule has 19 heteroatoms. The lowest BCUT2D eigenvalue weighted by Gasteiger charge is -2.23. The van der Waals surface area contributed by atoms with Gasteiger partial charge in [-0.05, 0) is 200 Å². The van der Waals surface area contributed by atoms with Crippen LogP contribution >= 0.6 is 0 Å². The number of nitriles is 1. The number of hydrogen-bond acceptors (Lipinski definition) is 10. The fraction of sp³-hybridized carbons (Fsp3) is 0.325. The maximum absolute atomic E-state index is 11.8. The molecule has 102 heavy (non-hydrogen) atoms. The summed E-state index contributed by atoms with van der Waals surface area (Å²) >= 11 is 0. The van der Waals surface area contributed by atoms with Crippen LogP contribution in [-0.2, 0) is 116 Å². The van der Waals surface area contributed by atoms with E-state index in [4.69, 9.17) is 10.00 Å². The van der Waals surface area contributed by atoms with Crippen LogP contribution in [0, 0.1) is 48.9 Å². The van der Waals surface area contributed by atoms with E-state index in [0.717, 1.165) is 115 Å². The van der Waals surface area contributed by atoms with Gasteiger partial charge in [-0.25, -0.2) is 16.8 Å². The van der Waals surface area contributed by atoms with Gasteiger partial charge in [-0.1, -0.05) is 103 Å². The molecule has 0 saturated carbocycles. The van der Waals surface area contributed by atoms with Crippen molar-refractivity contribution in [2.75, 3.05) is 19.6 Å². The molecule has 526 valence electrons. The van der Waals surface area contributed by atoms with Gasteiger partial charge in [0, 0.05) is 125 Å². The SMILES string of the molecule is COC(=O)C1CCc2cc3ccccc3n2C1.Cc1cc(S(C)(=O)=O)ccc1Cc1c2n(c3ccccc13)CC(C(=O)O)CC2.Cc1cc(S(C)(=O)=O)ccc1Cc1c2n(c3ccccc13)CC(C(=O)O)CC2.N#CC1CCc2cc3ccccc3n2C1.OC1CCc2cc3ccccc3n2C1. The van der Waals surface area contributed by atoms with E-state index in [9.17, 15) is 46.5 Å². The van der Waals surface area contributed by atoms with Crippen LogP contribution in [0.5, 0.6) is 0 Å². The van der Waals surface area contributed by atoms with Crippen LogP contribution in [0.25, 0.3) is 54.5 Å². The van der Waals surface area contributed by atoms with Crippen molar-refractivity contribution in [1.82, 2.24) is 22.8 Å². The molecule has 7 aromatic carbocycles. The monoisotopic (exact) mass is 1410 g/mol. The summed E-state index contributed by atoms with van der Waals surface area (Å²) in [7, 11) is -4.99. The predicted octanol–water partition coefficient (Wildman–Crippen LogP) is 14.2. The average Bonchev–Trinajstić information content (AvgIpc) is 1.61. The van der Waals surface area contributed by atoms with Crippen LogP contribution in [0.15, 0.2) is 186 Å². The standard InChI is InChI=1S/2C22H23NO4S.C14H15NO2.C13H12N2.C12H13NO/c2*1-14-11-17(28(2,26)27)9-7-15(14)12-19-18-5-3-4-6-20(18)23-13-16(22(24)25)8-10-21(19)23;1-17-14(16)11-6-7-12-8-10-4-2-3-5-13(10)15(12)9-11;14-8-10-5-6-12-7-11-3-1-2-4-13(11)15(12)9-10;14-11-6-5-10-7-9-3-1-2-4-12(9)13(10)8-11/h2*3-7,9,11,16H,8,10,12-13H2,1-2H3,(H,24,25);2-5,8,11H,6-7,9H2,1H3;1-4,7,10H,5-6,9H2;1-4,7,11,14H,5-6,8H2. The Morgan fingerprint density at radius 3 is 1.25 bits per heavy atom. The molecule has 5 unspecified atom stereocenters. The summed E-state index contributed by atoms with van der Waals surface area (Å²) in [5, 5.41) is 43.6. The Kier molecular flexibility index (Phi) is 20.4. The number of aryl methyl sites for hydroxylation is 5. The maximum atomic E-state index is 11.8. The number of para-hydroxylation sites is 5. The largest absolute Gasteiger partial charge is 0.481 e. The number of aromatic nitrogens is 5. The highest BCUT2D eigenvalue weighted by molar-refractivity contribution is 7.91. The summed E-state index contributed by atoms with van der Waals surface area (Å²) in [6.07, 6.45) is 12.2. The molecule has 0 aliphatic carbocycles. The summed E-state index contributed by atoms with van der Waals surface area (Å²) in [6, 6.07) is 61.0. The second-order valence-corrected chi connectivity index (χ2v) is 32.1. The van der Waals surface area contributed by atoms with Gasteiger partial charge in [-0.2, -0.15) is 5.26 Å². The van der Waals surface area contributed by atoms with E-state index in [1.54, 1.807) is 24.3 Å². The van der Waals surface area contributed by atoms with Crippen LogP contribution in [0.3, 0.4) is 0 Å². The number of carboxylic acid groups (broad SMARTS) is 2. The Morgan fingerprint density at radius 1 is 0.461 bits per heavy atom. The summed E-state index contributed by atoms with van der Waals surface area (Å²) in [4.78, 5) is 35.3. The zero-order valence-electron chi connectivity index (χ0n) is 58.3. The van der Waals surface area contributed by atoms with Gasteiger partial charge in [0.05, 0.1) is 52.7 Å². The number of carbonyl (C=O) groups is 3. The highest BCUT2D eigenvalue weighted by atomic mass is 32.2. The first kappa shape index (κ1) is 70.4. The molecule has 0 bridgehead atoms. The number of aliphatic hydroxyl groups is 1. The molecule has 12 aromatic rings. The molecule has 5 aliphatic rings. The van der Waals surface area contributed by atoms with Crippen molar-refractivity contribution in [2.24, 2.45) is 23.7 Å². The molecular weight excluding hydrogens is 1320 g/mol. The van der Waals surface area contributed by atoms with Crippen molar-refractivity contribution >= 4 is 92.1 Å². The van der Waals surface area contributed by atoms with Crippen molar-refractivity contribution in [1.29, 1.82) is 5.26 Å². The first-order valence-corrected chi connectivity index (χ1v) is 38.9. The number of methoxy groups -OCH3 is 1. The number of aliphatic hydroxyl groups excluding tert-OH is 1. The minimum absolute atomic E-state index is 0.00306. The lowest BCUT2D eigenvalue weighted by Crippen LogP contribution is -2.27. The molecule has 0 saturated heterocycles. The lowest BCUT2D eigenvalue weighted by molar-refractivity contribution is -0.146. The fourth-order valence-corrected chi connectivity index (χ4v) is 17.3. The zero-order valence-corrected chi connectivity index (χ0v) is 59.9. The molecule has 17 rings (SSSR count). The van der Waals surface area contributed by atoms with Crippen LogP contribution in [-0.4, -0.2) is 98.6 Å². The molecule has 0 amide bonds. The van der Waals surface area contributed by atoms with Crippen molar-refractivity contribution in [3.8, 4) is 6.07 Å². The number of carboxylic acids is 2. The number of fused-ring (bicyclic) bond motifs is 15. The van der Waals surface area contributed by atoms with E-state index < -0.39 is 31.6 Å². The highest BCUT2D eigenvalue weighted by Gasteiger charge is 2.32. The van der Waals surface area contributed by atoms with Crippen molar-refractivity contribution in [3.63, 3.8) is 0 Å². The Balaban J connectivity index is 0.000000117. The zero-order chi connectivity index (χ0) is 71.7. The quantitative estimate of drug-likeness (QED) is 0.114. The van der Waals surface area contributed by atoms with Gasteiger partial charge < -0.3 is 42.9 Å². The average molecular weight is 1410 g/mol. The van der Waals surface area contributed by atoms with E-state index in [0.29, 0.717) is 48.6 Å². The fourth-order valence-electron chi connectivity index (χ4n) is 15.9. The van der Waals surface area contributed by atoms with Crippen molar-refractivity contribution in [3.05, 3.63) is 238 Å². The third kappa shape index (κ3) is 14.7. The second-order valence-electron chi connectivity index (χ2n) is 28.1. The number of esters is 1. The molecule has 0 fully saturated rings. The lowest BCUT2D eigenvalue weighted by atomic mass is 9.93. The van der Waals surface area contributed by atoms with Crippen LogP contribution in [0.2, 0.25) is 0 Å². The Morgan fingerprint density at radius 2 is 0.833 bits per heavy atom. The van der Waals surface area contributed by atoms with Gasteiger partial charge in [-0.15, -0.1) is 0 Å². The number of nitrogens with zero attached hydrogens (tertiary/aromatic N) is 6. The van der Waals surface area contributed by atoms with Gasteiger partial charge in [0.2, 0.25) is 0 Å². The highest BCUT2D eigenvalue weighted by Crippen LogP contribution is 2.38. The van der Waals surface area contributed by atoms with Crippen molar-refractivity contribution in [2.45, 2.75) is 140 Å². The van der Waals surface area contributed by atoms with E-state index in [2.05, 4.69) is 120 Å². The molecule has 5 aliphatic heterocycles. The maximum Gasteiger partial charge on any atom is 0.310 e. The molecule has 0 radical (unpaired) electrons. The number of rotatable bonds is 9. The molecule has 3 N–H and O–H groups in total. The van der Waals surface area contributed by atoms with Gasteiger partial charge in [0.25, 0.3) is 0 Å². The van der Waals surface area contributed by atoms with Gasteiger partial charge >= 0.3 is 17.9 Å². The molecular formula is C83H86N6O11S2. The van der Waals surface area contributed by atoms with E-state index in [1.807, 2.05) is 74.5 Å². The molecule has 10 heterocycles. The minimum Gasteiger partial charge on any atom is -0.481 e. The van der Waals surface area contributed by atoms with Crippen LogP contribution in [0.1, 0.15) is 94.0 Å². The second kappa shape index (κ2) is 29.5. The minimum atomic E-state index is -3.23. The van der Waals surface area contributed by atoms with Gasteiger partial charge in [0.1, 0.15) is 0 Å². The summed E-state index contributed by atoms with van der Waals surface area (Å²) in [5.74, 6) is -2.08. The number of hydrogen-bond donors (Lipinski definition) is 3. The van der Waals surface area contributed by atoms with Gasteiger partial charge in [0.15, 0.2) is 19.7 Å². The number of benzene rings is 7. The summed E-state index contributed by atoms with van der Waals surface area (Å²) in [5.41, 5.74) is 18.9. The first-order valence-electron chi connectivity index (χ1n) is 35.1. The van der Waals surface area contributed by atoms with E-state index >= 15 is 0 Å². The normalized spacial score (nSPS) is 18.2. The topological polar surface area (TPSA) is 238 Å². The van der Waals surface area contributed by atoms with Crippen LogP contribution in [0.4, 0.5) is 0 Å². The summed E-state index contributed by atoms with van der Waals surface area (Å²) < 4.78 is 63.2. The number of carbonyl (C=O) groups excluding carboxylic acids is 1. The third-order valence-corrected chi connectivity index (χ3v) is 23.6. The predicted molar refractivity (Wildman–Crippen MR) is 398 cm³/mol. The summed E-state index contributed by atoms with van der Waals surface area (Å²) in [6.45, 7) is 7.23. The molecule has 5 atom stereocenters. The van der Waals surface area contributed by atoms with E-state index in [1.165, 1.54) is 91.9 Å². The Bertz CT molecular complexity index is 5300. The Hall–Kier alpha value is -10.0. The van der Waals surface area contributed by atoms with Gasteiger partial charge in [-0.3, -0.25) is 14.4 Å². The van der Waals surface area contributed by atoms with E-state index in [-0.39, 0.29) is 35.7 Å². The number of sulfone groups is 2. The number of ether oxygens (including phenoxy) is 1. The van der Waals surface area contributed by atoms with Crippen molar-refractivity contribution < 1.29 is 51.3 Å². The Labute approximate surface area is 594 Å². The van der Waals surface area contributed by atoms with Crippen LogP contribution < -0.4 is 0 Å². The third-order valence-electron chi connectivity index (χ3n) is 21.4. The molecule has 5 aromatic heterocycles. The first-order chi connectivity index (χ1) is 49.0. The smallest absolute Gasteiger partial charge is 0.310 e. The molecule has 17 nitrogen and oxygen atoms in total.